The van der Waals surface area contributed by atoms with Gasteiger partial charge in [0, 0.05) is 24.5 Å². The number of carbonyl (C=O) groups is 2. The molecule has 2 amide bonds. The molecule has 110 valence electrons. The zero-order valence-corrected chi connectivity index (χ0v) is 12.0. The highest BCUT2D eigenvalue weighted by Gasteiger charge is 2.23. The monoisotopic (exact) mass is 298 g/mol. The lowest BCUT2D eigenvalue weighted by Crippen LogP contribution is -2.49. The predicted octanol–water partition coefficient (Wildman–Crippen LogP) is 1.04. The van der Waals surface area contributed by atoms with Crippen LogP contribution in [0.25, 0.3) is 0 Å². The standard InChI is InChI=1S/C12H18N4O3S/c1-7(10-15-9(6-20-10)11(17)18)14-12(19)16-4-2-3-8(13)5-16/h6-8H,2-5,13H2,1H3,(H,14,19)(H,17,18). The quantitative estimate of drug-likeness (QED) is 0.772. The van der Waals surface area contributed by atoms with E-state index >= 15 is 0 Å². The van der Waals surface area contributed by atoms with E-state index in [0.717, 1.165) is 12.8 Å². The highest BCUT2D eigenvalue weighted by Crippen LogP contribution is 2.18. The number of aromatic nitrogens is 1. The minimum Gasteiger partial charge on any atom is -0.476 e. The van der Waals surface area contributed by atoms with Gasteiger partial charge in [0.1, 0.15) is 5.01 Å². The first kappa shape index (κ1) is 14.7. The van der Waals surface area contributed by atoms with Crippen LogP contribution in [-0.2, 0) is 0 Å². The molecule has 1 fully saturated rings. The second-order valence-corrected chi connectivity index (χ2v) is 5.79. The largest absolute Gasteiger partial charge is 0.476 e. The predicted molar refractivity (Wildman–Crippen MR) is 74.8 cm³/mol. The third-order valence-corrected chi connectivity index (χ3v) is 4.22. The number of piperidine rings is 1. The fourth-order valence-corrected chi connectivity index (χ4v) is 2.92. The van der Waals surface area contributed by atoms with E-state index in [0.29, 0.717) is 18.1 Å². The maximum Gasteiger partial charge on any atom is 0.355 e. The van der Waals surface area contributed by atoms with E-state index in [4.69, 9.17) is 10.8 Å². The van der Waals surface area contributed by atoms with Crippen molar-refractivity contribution in [1.82, 2.24) is 15.2 Å². The van der Waals surface area contributed by atoms with Crippen molar-refractivity contribution < 1.29 is 14.7 Å². The number of nitrogens with two attached hydrogens (primary N) is 1. The van der Waals surface area contributed by atoms with Crippen LogP contribution in [0.5, 0.6) is 0 Å². The lowest BCUT2D eigenvalue weighted by molar-refractivity contribution is 0.0691. The molecular weight excluding hydrogens is 280 g/mol. The Bertz CT molecular complexity index is 505. The van der Waals surface area contributed by atoms with E-state index in [9.17, 15) is 9.59 Å². The zero-order chi connectivity index (χ0) is 14.7. The van der Waals surface area contributed by atoms with Gasteiger partial charge in [-0.1, -0.05) is 0 Å². The van der Waals surface area contributed by atoms with Crippen molar-refractivity contribution in [3.63, 3.8) is 0 Å². The maximum absolute atomic E-state index is 12.1. The van der Waals surface area contributed by atoms with Crippen molar-refractivity contribution in [2.24, 2.45) is 5.73 Å². The number of carboxylic acids is 1. The van der Waals surface area contributed by atoms with Gasteiger partial charge in [-0.2, -0.15) is 0 Å². The molecule has 2 unspecified atom stereocenters. The molecular formula is C12H18N4O3S. The number of amides is 2. The minimum absolute atomic E-state index is 0.00564. The molecule has 0 bridgehead atoms. The van der Waals surface area contributed by atoms with Gasteiger partial charge < -0.3 is 21.1 Å². The molecule has 1 saturated heterocycles. The van der Waals surface area contributed by atoms with Crippen LogP contribution in [0.3, 0.4) is 0 Å². The second kappa shape index (κ2) is 6.19. The molecule has 1 aliphatic rings. The Labute approximate surface area is 120 Å². The minimum atomic E-state index is -1.06. The molecule has 2 rings (SSSR count). The Kier molecular flexibility index (Phi) is 4.56. The summed E-state index contributed by atoms with van der Waals surface area (Å²) in [5, 5.41) is 13.7. The first-order chi connectivity index (χ1) is 9.47. The molecule has 0 radical (unpaired) electrons. The summed E-state index contributed by atoms with van der Waals surface area (Å²) in [6.07, 6.45) is 1.84. The molecule has 8 heteroatoms. The van der Waals surface area contributed by atoms with E-state index in [2.05, 4.69) is 10.3 Å². The number of nitrogens with one attached hydrogen (secondary N) is 1. The number of rotatable bonds is 3. The molecule has 1 aromatic heterocycles. The van der Waals surface area contributed by atoms with E-state index in [1.165, 1.54) is 16.7 Å². The molecule has 1 aromatic rings. The summed E-state index contributed by atoms with van der Waals surface area (Å²) >= 11 is 1.23. The highest BCUT2D eigenvalue weighted by atomic mass is 32.1. The molecule has 2 atom stereocenters. The molecule has 2 heterocycles. The lowest BCUT2D eigenvalue weighted by atomic mass is 10.1. The van der Waals surface area contributed by atoms with Gasteiger partial charge in [-0.15, -0.1) is 11.3 Å². The number of likely N-dealkylation sites (tertiary alicyclic amines) is 1. The van der Waals surface area contributed by atoms with Gasteiger partial charge >= 0.3 is 12.0 Å². The molecule has 7 nitrogen and oxygen atoms in total. The first-order valence-electron chi connectivity index (χ1n) is 6.47. The molecule has 0 saturated carbocycles. The number of urea groups is 1. The molecule has 0 aliphatic carbocycles. The van der Waals surface area contributed by atoms with Crippen LogP contribution in [0.4, 0.5) is 4.79 Å². The van der Waals surface area contributed by atoms with Gasteiger partial charge in [-0.25, -0.2) is 14.6 Å². The fraction of sp³-hybridized carbons (Fsp3) is 0.583. The average Bonchev–Trinajstić information content (AvgIpc) is 2.88. The van der Waals surface area contributed by atoms with Crippen LogP contribution < -0.4 is 11.1 Å². The van der Waals surface area contributed by atoms with Crippen LogP contribution in [0, 0.1) is 0 Å². The summed E-state index contributed by atoms with van der Waals surface area (Å²) in [4.78, 5) is 28.5. The normalized spacial score (nSPS) is 20.5. The average molecular weight is 298 g/mol. The van der Waals surface area contributed by atoms with Crippen LogP contribution in [0.15, 0.2) is 5.38 Å². The number of hydrogen-bond donors (Lipinski definition) is 3. The van der Waals surface area contributed by atoms with Crippen LogP contribution in [-0.4, -0.2) is 46.1 Å². The van der Waals surface area contributed by atoms with Crippen molar-refractivity contribution in [3.8, 4) is 0 Å². The molecule has 20 heavy (non-hydrogen) atoms. The van der Waals surface area contributed by atoms with Gasteiger partial charge in [0.05, 0.1) is 6.04 Å². The Balaban J connectivity index is 1.94. The SMILES string of the molecule is CC(NC(=O)N1CCCC(N)C1)c1nc(C(=O)O)cs1. The Hall–Kier alpha value is -1.67. The number of carbonyl (C=O) groups excluding carboxylic acids is 1. The van der Waals surface area contributed by atoms with E-state index in [1.807, 2.05) is 0 Å². The van der Waals surface area contributed by atoms with Gasteiger partial charge in [0.25, 0.3) is 0 Å². The Morgan fingerprint density at radius 3 is 3.00 bits per heavy atom. The van der Waals surface area contributed by atoms with Crippen molar-refractivity contribution in [2.75, 3.05) is 13.1 Å². The Morgan fingerprint density at radius 2 is 2.40 bits per heavy atom. The van der Waals surface area contributed by atoms with Gasteiger partial charge in [0.15, 0.2) is 5.69 Å². The summed E-state index contributed by atoms with van der Waals surface area (Å²) in [5.74, 6) is -1.06. The third-order valence-electron chi connectivity index (χ3n) is 3.20. The number of carboxylic acid groups (broad SMARTS) is 1. The lowest BCUT2D eigenvalue weighted by Gasteiger charge is -2.31. The summed E-state index contributed by atoms with van der Waals surface area (Å²) in [5.41, 5.74) is 5.85. The van der Waals surface area contributed by atoms with Crippen molar-refractivity contribution in [1.29, 1.82) is 0 Å². The number of nitrogens with zero attached hydrogens (tertiary/aromatic N) is 2. The first-order valence-corrected chi connectivity index (χ1v) is 7.35. The Morgan fingerprint density at radius 1 is 1.65 bits per heavy atom. The number of aromatic carboxylic acids is 1. The van der Waals surface area contributed by atoms with Crippen LogP contribution >= 0.6 is 11.3 Å². The zero-order valence-electron chi connectivity index (χ0n) is 11.2. The van der Waals surface area contributed by atoms with Crippen molar-refractivity contribution in [2.45, 2.75) is 31.8 Å². The second-order valence-electron chi connectivity index (χ2n) is 4.90. The van der Waals surface area contributed by atoms with E-state index in [1.54, 1.807) is 11.8 Å². The topological polar surface area (TPSA) is 109 Å². The van der Waals surface area contributed by atoms with Crippen LogP contribution in [0.2, 0.25) is 0 Å². The number of hydrogen-bond acceptors (Lipinski definition) is 5. The molecule has 0 aromatic carbocycles. The van der Waals surface area contributed by atoms with Gasteiger partial charge in [-0.3, -0.25) is 0 Å². The van der Waals surface area contributed by atoms with Crippen molar-refractivity contribution >= 4 is 23.3 Å². The van der Waals surface area contributed by atoms with E-state index in [-0.39, 0.29) is 23.8 Å². The summed E-state index contributed by atoms with van der Waals surface area (Å²) in [7, 11) is 0. The maximum atomic E-state index is 12.1. The van der Waals surface area contributed by atoms with Crippen LogP contribution in [0.1, 0.15) is 41.3 Å². The molecule has 1 aliphatic heterocycles. The van der Waals surface area contributed by atoms with Gasteiger partial charge in [-0.05, 0) is 19.8 Å². The summed E-state index contributed by atoms with van der Waals surface area (Å²) in [6.45, 7) is 3.04. The smallest absolute Gasteiger partial charge is 0.355 e. The summed E-state index contributed by atoms with van der Waals surface area (Å²) < 4.78 is 0. The molecule has 4 N–H and O–H groups in total. The molecule has 0 spiro atoms. The van der Waals surface area contributed by atoms with E-state index < -0.39 is 5.97 Å². The summed E-state index contributed by atoms with van der Waals surface area (Å²) in [6, 6.07) is -0.471. The highest BCUT2D eigenvalue weighted by molar-refractivity contribution is 7.09. The third kappa shape index (κ3) is 3.45. The van der Waals surface area contributed by atoms with Gasteiger partial charge in [0.2, 0.25) is 0 Å². The number of thiazole rings is 1. The fourth-order valence-electron chi connectivity index (χ4n) is 2.12. The van der Waals surface area contributed by atoms with Crippen molar-refractivity contribution in [3.05, 3.63) is 16.1 Å².